The Kier molecular flexibility index (Phi) is 5.35. The minimum absolute atomic E-state index is 0.0681. The van der Waals surface area contributed by atoms with Crippen molar-refractivity contribution < 1.29 is 9.53 Å². The summed E-state index contributed by atoms with van der Waals surface area (Å²) in [6, 6.07) is 23.8. The molecule has 3 aromatic rings. The largest absolute Gasteiger partial charge is 0.495 e. The van der Waals surface area contributed by atoms with Crippen LogP contribution >= 0.6 is 15.9 Å². The van der Waals surface area contributed by atoms with Gasteiger partial charge in [-0.25, -0.2) is 0 Å². The number of hydrogen-bond donors (Lipinski definition) is 1. The molecule has 142 valence electrons. The molecule has 1 N–H and O–H groups in total. The molecule has 5 heteroatoms. The summed E-state index contributed by atoms with van der Waals surface area (Å²) in [5.74, 6) is 0.785. The fourth-order valence-electron chi connectivity index (χ4n) is 3.54. The molecule has 1 aliphatic heterocycles. The average Bonchev–Trinajstić information content (AvgIpc) is 3.09. The first-order chi connectivity index (χ1) is 13.7. The van der Waals surface area contributed by atoms with Crippen LogP contribution in [-0.4, -0.2) is 25.6 Å². The molecule has 0 aliphatic carbocycles. The number of halogens is 1. The molecule has 4 rings (SSSR count). The topological polar surface area (TPSA) is 41.6 Å². The van der Waals surface area contributed by atoms with Crippen LogP contribution in [0.1, 0.15) is 6.42 Å². The van der Waals surface area contributed by atoms with E-state index < -0.39 is 0 Å². The number of anilines is 2. The first kappa shape index (κ1) is 18.6. The number of ether oxygens (including phenoxy) is 1. The van der Waals surface area contributed by atoms with Gasteiger partial charge in [-0.3, -0.25) is 4.79 Å². The standard InChI is InChI=1S/C23H21BrN2O2/c1-28-22-8-3-2-7-21(22)26-14-13-20(23(26)27)25-19-6-4-5-17(15-19)16-9-11-18(24)12-10-16/h2-12,15,20,25H,13-14H2,1H3. The number of carbonyl (C=O) groups excluding carboxylic acids is 1. The van der Waals surface area contributed by atoms with Crippen molar-refractivity contribution in [2.45, 2.75) is 12.5 Å². The van der Waals surface area contributed by atoms with Crippen LogP contribution in [0.4, 0.5) is 11.4 Å². The van der Waals surface area contributed by atoms with Crippen molar-refractivity contribution in [1.29, 1.82) is 0 Å². The molecule has 4 nitrogen and oxygen atoms in total. The highest BCUT2D eigenvalue weighted by molar-refractivity contribution is 9.10. The molecule has 0 spiro atoms. The van der Waals surface area contributed by atoms with Crippen LogP contribution in [0, 0.1) is 0 Å². The lowest BCUT2D eigenvalue weighted by molar-refractivity contribution is -0.117. The van der Waals surface area contributed by atoms with Crippen LogP contribution < -0.4 is 15.0 Å². The van der Waals surface area contributed by atoms with E-state index in [9.17, 15) is 4.79 Å². The monoisotopic (exact) mass is 436 g/mol. The molecule has 0 bridgehead atoms. The predicted octanol–water partition coefficient (Wildman–Crippen LogP) is 5.34. The number of hydrogen-bond acceptors (Lipinski definition) is 3. The van der Waals surface area contributed by atoms with Gasteiger partial charge < -0.3 is 15.0 Å². The Labute approximate surface area is 173 Å². The molecule has 0 radical (unpaired) electrons. The van der Waals surface area contributed by atoms with Gasteiger partial charge in [-0.15, -0.1) is 0 Å². The Morgan fingerprint density at radius 2 is 1.79 bits per heavy atom. The Morgan fingerprint density at radius 1 is 1.00 bits per heavy atom. The molecule has 1 amide bonds. The van der Waals surface area contributed by atoms with Gasteiger partial charge in [0.15, 0.2) is 0 Å². The summed E-state index contributed by atoms with van der Waals surface area (Å²) in [5.41, 5.74) is 4.02. The highest BCUT2D eigenvalue weighted by atomic mass is 79.9. The molecule has 3 aromatic carbocycles. The summed E-state index contributed by atoms with van der Waals surface area (Å²) in [4.78, 5) is 14.8. The Morgan fingerprint density at radius 3 is 2.57 bits per heavy atom. The van der Waals surface area contributed by atoms with Crippen molar-refractivity contribution in [3.05, 3.63) is 77.3 Å². The van der Waals surface area contributed by atoms with Crippen molar-refractivity contribution in [2.75, 3.05) is 23.9 Å². The van der Waals surface area contributed by atoms with E-state index in [1.807, 2.05) is 48.5 Å². The second-order valence-electron chi connectivity index (χ2n) is 6.74. The first-order valence-electron chi connectivity index (χ1n) is 9.22. The lowest BCUT2D eigenvalue weighted by Crippen LogP contribution is -2.33. The number of nitrogens with one attached hydrogen (secondary N) is 1. The maximum absolute atomic E-state index is 13.0. The van der Waals surface area contributed by atoms with Gasteiger partial charge in [0, 0.05) is 16.7 Å². The van der Waals surface area contributed by atoms with E-state index in [4.69, 9.17) is 4.74 Å². The van der Waals surface area contributed by atoms with Gasteiger partial charge in [0.05, 0.1) is 12.8 Å². The third-order valence-corrected chi connectivity index (χ3v) is 5.49. The summed E-state index contributed by atoms with van der Waals surface area (Å²) < 4.78 is 6.47. The molecule has 0 aromatic heterocycles. The van der Waals surface area contributed by atoms with Gasteiger partial charge in [0.2, 0.25) is 5.91 Å². The SMILES string of the molecule is COc1ccccc1N1CCC(Nc2cccc(-c3ccc(Br)cc3)c2)C1=O. The Balaban J connectivity index is 1.52. The second-order valence-corrected chi connectivity index (χ2v) is 7.65. The molecular weight excluding hydrogens is 416 g/mol. The molecule has 1 fully saturated rings. The van der Waals surface area contributed by atoms with Crippen LogP contribution in [0.5, 0.6) is 5.75 Å². The van der Waals surface area contributed by atoms with E-state index in [1.165, 1.54) is 0 Å². The molecule has 0 saturated carbocycles. The summed E-state index contributed by atoms with van der Waals surface area (Å²) in [6.45, 7) is 0.670. The fraction of sp³-hybridized carbons (Fsp3) is 0.174. The molecule has 1 heterocycles. The second kappa shape index (κ2) is 8.07. The van der Waals surface area contributed by atoms with Gasteiger partial charge in [-0.05, 0) is 53.9 Å². The van der Waals surface area contributed by atoms with E-state index in [0.717, 1.165) is 33.4 Å². The molecule has 1 atom stereocenters. The number of amides is 1. The summed E-state index contributed by atoms with van der Waals surface area (Å²) in [5, 5.41) is 3.41. The van der Waals surface area contributed by atoms with Crippen LogP contribution in [0.25, 0.3) is 11.1 Å². The minimum atomic E-state index is -0.245. The van der Waals surface area contributed by atoms with E-state index in [1.54, 1.807) is 12.0 Å². The molecule has 1 unspecified atom stereocenters. The normalized spacial score (nSPS) is 16.3. The molecular formula is C23H21BrN2O2. The van der Waals surface area contributed by atoms with E-state index in [-0.39, 0.29) is 11.9 Å². The van der Waals surface area contributed by atoms with Crippen molar-refractivity contribution >= 4 is 33.2 Å². The Bertz CT molecular complexity index is 988. The van der Waals surface area contributed by atoms with Crippen molar-refractivity contribution in [2.24, 2.45) is 0 Å². The molecule has 1 saturated heterocycles. The van der Waals surface area contributed by atoms with Gasteiger partial charge in [0.1, 0.15) is 11.8 Å². The number of nitrogens with zero attached hydrogens (tertiary/aromatic N) is 1. The molecule has 28 heavy (non-hydrogen) atoms. The van der Waals surface area contributed by atoms with Gasteiger partial charge >= 0.3 is 0 Å². The fourth-order valence-corrected chi connectivity index (χ4v) is 3.80. The third-order valence-electron chi connectivity index (χ3n) is 4.96. The van der Waals surface area contributed by atoms with Crippen molar-refractivity contribution in [3.63, 3.8) is 0 Å². The maximum Gasteiger partial charge on any atom is 0.249 e. The van der Waals surface area contributed by atoms with Crippen LogP contribution in [-0.2, 0) is 4.79 Å². The van der Waals surface area contributed by atoms with Gasteiger partial charge in [-0.2, -0.15) is 0 Å². The van der Waals surface area contributed by atoms with Gasteiger partial charge in [0.25, 0.3) is 0 Å². The predicted molar refractivity (Wildman–Crippen MR) is 117 cm³/mol. The van der Waals surface area contributed by atoms with E-state index >= 15 is 0 Å². The van der Waals surface area contributed by atoms with Crippen LogP contribution in [0.2, 0.25) is 0 Å². The van der Waals surface area contributed by atoms with E-state index in [2.05, 4.69) is 45.5 Å². The van der Waals surface area contributed by atoms with Gasteiger partial charge in [-0.1, -0.05) is 52.3 Å². The smallest absolute Gasteiger partial charge is 0.249 e. The number of carbonyl (C=O) groups is 1. The lowest BCUT2D eigenvalue weighted by atomic mass is 10.0. The Hall–Kier alpha value is -2.79. The molecule has 1 aliphatic rings. The van der Waals surface area contributed by atoms with Crippen molar-refractivity contribution in [3.8, 4) is 16.9 Å². The average molecular weight is 437 g/mol. The summed E-state index contributed by atoms with van der Waals surface area (Å²) in [7, 11) is 1.63. The number of rotatable bonds is 5. The number of para-hydroxylation sites is 2. The van der Waals surface area contributed by atoms with Crippen LogP contribution in [0.15, 0.2) is 77.3 Å². The quantitative estimate of drug-likeness (QED) is 0.586. The first-order valence-corrected chi connectivity index (χ1v) is 10.0. The highest BCUT2D eigenvalue weighted by Gasteiger charge is 2.33. The minimum Gasteiger partial charge on any atom is -0.495 e. The third kappa shape index (κ3) is 3.76. The highest BCUT2D eigenvalue weighted by Crippen LogP contribution is 2.32. The number of methoxy groups -OCH3 is 1. The lowest BCUT2D eigenvalue weighted by Gasteiger charge is -2.20. The zero-order chi connectivity index (χ0) is 19.5. The zero-order valence-electron chi connectivity index (χ0n) is 15.6. The number of benzene rings is 3. The maximum atomic E-state index is 13.0. The zero-order valence-corrected chi connectivity index (χ0v) is 17.1. The van der Waals surface area contributed by atoms with E-state index in [0.29, 0.717) is 12.3 Å². The van der Waals surface area contributed by atoms with Crippen molar-refractivity contribution in [1.82, 2.24) is 0 Å². The van der Waals surface area contributed by atoms with Crippen LogP contribution in [0.3, 0.4) is 0 Å². The summed E-state index contributed by atoms with van der Waals surface area (Å²) in [6.07, 6.45) is 0.749. The summed E-state index contributed by atoms with van der Waals surface area (Å²) >= 11 is 3.47.